The van der Waals surface area contributed by atoms with Gasteiger partial charge in [0.15, 0.2) is 0 Å². The Kier molecular flexibility index (Phi) is 4.97. The Bertz CT molecular complexity index is 574. The van der Waals surface area contributed by atoms with Gasteiger partial charge in [-0.15, -0.1) is 0 Å². The lowest BCUT2D eigenvalue weighted by Gasteiger charge is -2.22. The second kappa shape index (κ2) is 6.72. The van der Waals surface area contributed by atoms with E-state index in [9.17, 15) is 0 Å². The standard InChI is InChI=1S/C18H24N2O/c1-14-6-5-7-16(12-20-18(2,3)4)17(14)21-13-15-8-10-19-11-9-15/h5-11,20H,12-13H2,1-4H3. The van der Waals surface area contributed by atoms with Crippen molar-refractivity contribution in [3.63, 3.8) is 0 Å². The molecule has 3 nitrogen and oxygen atoms in total. The molecule has 21 heavy (non-hydrogen) atoms. The minimum absolute atomic E-state index is 0.0894. The second-order valence-electron chi connectivity index (χ2n) is 6.31. The van der Waals surface area contributed by atoms with Gasteiger partial charge in [-0.2, -0.15) is 0 Å². The largest absolute Gasteiger partial charge is 0.488 e. The van der Waals surface area contributed by atoms with Crippen molar-refractivity contribution >= 4 is 0 Å². The van der Waals surface area contributed by atoms with Crippen molar-refractivity contribution in [3.05, 3.63) is 59.4 Å². The van der Waals surface area contributed by atoms with Crippen LogP contribution in [0.5, 0.6) is 5.75 Å². The number of aryl methyl sites for hydroxylation is 1. The summed E-state index contributed by atoms with van der Waals surface area (Å²) in [6.45, 7) is 9.95. The molecule has 0 bridgehead atoms. The maximum Gasteiger partial charge on any atom is 0.127 e. The van der Waals surface area contributed by atoms with Crippen molar-refractivity contribution in [2.24, 2.45) is 0 Å². The summed E-state index contributed by atoms with van der Waals surface area (Å²) in [5.74, 6) is 0.978. The maximum absolute atomic E-state index is 6.05. The van der Waals surface area contributed by atoms with Crippen LogP contribution in [-0.2, 0) is 13.2 Å². The Morgan fingerprint density at radius 2 is 1.81 bits per heavy atom. The molecule has 0 fully saturated rings. The number of hydrogen-bond donors (Lipinski definition) is 1. The molecule has 2 aromatic rings. The molecule has 0 aliphatic carbocycles. The molecule has 2 rings (SSSR count). The number of ether oxygens (including phenoxy) is 1. The number of benzene rings is 1. The summed E-state index contributed by atoms with van der Waals surface area (Å²) in [6, 6.07) is 10.2. The van der Waals surface area contributed by atoms with Crippen LogP contribution < -0.4 is 10.1 Å². The molecule has 0 amide bonds. The smallest absolute Gasteiger partial charge is 0.127 e. The topological polar surface area (TPSA) is 34.1 Å². The molecular weight excluding hydrogens is 260 g/mol. The third-order valence-corrected chi connectivity index (χ3v) is 3.24. The van der Waals surface area contributed by atoms with Crippen LogP contribution in [0.1, 0.15) is 37.5 Å². The Balaban J connectivity index is 2.10. The maximum atomic E-state index is 6.05. The molecule has 1 aromatic carbocycles. The van der Waals surface area contributed by atoms with Gasteiger partial charge >= 0.3 is 0 Å². The first-order chi connectivity index (χ1) is 9.96. The normalized spacial score (nSPS) is 11.4. The van der Waals surface area contributed by atoms with Crippen molar-refractivity contribution in [2.75, 3.05) is 0 Å². The average Bonchev–Trinajstić information content (AvgIpc) is 2.44. The van der Waals surface area contributed by atoms with E-state index < -0.39 is 0 Å². The van der Waals surface area contributed by atoms with Crippen molar-refractivity contribution in [1.82, 2.24) is 10.3 Å². The van der Waals surface area contributed by atoms with Gasteiger partial charge in [0.2, 0.25) is 0 Å². The Labute approximate surface area is 127 Å². The van der Waals surface area contributed by atoms with Gasteiger partial charge in [0, 0.05) is 30.0 Å². The number of rotatable bonds is 5. The zero-order chi connectivity index (χ0) is 15.3. The fourth-order valence-corrected chi connectivity index (χ4v) is 2.05. The van der Waals surface area contributed by atoms with Crippen molar-refractivity contribution < 1.29 is 4.74 Å². The van der Waals surface area contributed by atoms with E-state index in [1.54, 1.807) is 12.4 Å². The number of nitrogens with one attached hydrogen (secondary N) is 1. The molecule has 0 aliphatic heterocycles. The molecule has 0 unspecified atom stereocenters. The third kappa shape index (κ3) is 4.87. The Hall–Kier alpha value is -1.87. The second-order valence-corrected chi connectivity index (χ2v) is 6.31. The van der Waals surface area contributed by atoms with Crippen LogP contribution in [0, 0.1) is 6.92 Å². The first-order valence-electron chi connectivity index (χ1n) is 7.31. The number of pyridine rings is 1. The minimum atomic E-state index is 0.0894. The molecule has 0 saturated heterocycles. The number of hydrogen-bond acceptors (Lipinski definition) is 3. The molecular formula is C18H24N2O. The van der Waals surface area contributed by atoms with E-state index >= 15 is 0 Å². The van der Waals surface area contributed by atoms with Crippen LogP contribution in [-0.4, -0.2) is 10.5 Å². The van der Waals surface area contributed by atoms with Gasteiger partial charge in [-0.1, -0.05) is 18.2 Å². The highest BCUT2D eigenvalue weighted by molar-refractivity contribution is 5.41. The molecule has 3 heteroatoms. The lowest BCUT2D eigenvalue weighted by molar-refractivity contribution is 0.298. The lowest BCUT2D eigenvalue weighted by Crippen LogP contribution is -2.35. The van der Waals surface area contributed by atoms with Gasteiger partial charge in [0.05, 0.1) is 0 Å². The highest BCUT2D eigenvalue weighted by Gasteiger charge is 2.12. The van der Waals surface area contributed by atoms with Crippen LogP contribution in [0.25, 0.3) is 0 Å². The molecule has 1 heterocycles. The molecule has 0 saturated carbocycles. The van der Waals surface area contributed by atoms with E-state index in [1.807, 2.05) is 12.1 Å². The molecule has 1 N–H and O–H groups in total. The van der Waals surface area contributed by atoms with Gasteiger partial charge in [0.1, 0.15) is 12.4 Å². The first-order valence-corrected chi connectivity index (χ1v) is 7.31. The summed E-state index contributed by atoms with van der Waals surface area (Å²) in [4.78, 5) is 4.03. The van der Waals surface area contributed by atoms with Gasteiger partial charge in [-0.05, 0) is 51.0 Å². The van der Waals surface area contributed by atoms with Gasteiger partial charge in [0.25, 0.3) is 0 Å². The minimum Gasteiger partial charge on any atom is -0.488 e. The molecule has 0 atom stereocenters. The van der Waals surface area contributed by atoms with Gasteiger partial charge in [-0.3, -0.25) is 4.98 Å². The van der Waals surface area contributed by atoms with Crippen LogP contribution in [0.2, 0.25) is 0 Å². The summed E-state index contributed by atoms with van der Waals surface area (Å²) in [5, 5.41) is 3.51. The number of nitrogens with zero attached hydrogens (tertiary/aromatic N) is 1. The summed E-state index contributed by atoms with van der Waals surface area (Å²) < 4.78 is 6.05. The highest BCUT2D eigenvalue weighted by atomic mass is 16.5. The molecule has 112 valence electrons. The summed E-state index contributed by atoms with van der Waals surface area (Å²) >= 11 is 0. The van der Waals surface area contributed by atoms with Crippen molar-refractivity contribution in [3.8, 4) is 5.75 Å². The van der Waals surface area contributed by atoms with Crippen LogP contribution in [0.4, 0.5) is 0 Å². The van der Waals surface area contributed by atoms with Crippen molar-refractivity contribution in [1.29, 1.82) is 0 Å². The van der Waals surface area contributed by atoms with Crippen LogP contribution in [0.15, 0.2) is 42.7 Å². The zero-order valence-corrected chi connectivity index (χ0v) is 13.3. The van der Waals surface area contributed by atoms with Gasteiger partial charge in [-0.25, -0.2) is 0 Å². The number of aromatic nitrogens is 1. The van der Waals surface area contributed by atoms with E-state index in [2.05, 4.69) is 56.2 Å². The SMILES string of the molecule is Cc1cccc(CNC(C)(C)C)c1OCc1ccncc1. The predicted octanol–water partition coefficient (Wildman–Crippen LogP) is 3.86. The lowest BCUT2D eigenvalue weighted by atomic mass is 10.1. The molecule has 0 aliphatic rings. The van der Waals surface area contributed by atoms with Crippen LogP contribution >= 0.6 is 0 Å². The zero-order valence-electron chi connectivity index (χ0n) is 13.3. The van der Waals surface area contributed by atoms with E-state index in [-0.39, 0.29) is 5.54 Å². The van der Waals surface area contributed by atoms with E-state index in [0.717, 1.165) is 23.4 Å². The van der Waals surface area contributed by atoms with E-state index in [4.69, 9.17) is 4.74 Å². The quantitative estimate of drug-likeness (QED) is 0.905. The fourth-order valence-electron chi connectivity index (χ4n) is 2.05. The molecule has 0 radical (unpaired) electrons. The fraction of sp³-hybridized carbons (Fsp3) is 0.389. The monoisotopic (exact) mass is 284 g/mol. The number of para-hydroxylation sites is 1. The molecule has 1 aromatic heterocycles. The van der Waals surface area contributed by atoms with E-state index in [0.29, 0.717) is 6.61 Å². The third-order valence-electron chi connectivity index (χ3n) is 3.24. The summed E-state index contributed by atoms with van der Waals surface area (Å²) in [7, 11) is 0. The summed E-state index contributed by atoms with van der Waals surface area (Å²) in [6.07, 6.45) is 3.58. The van der Waals surface area contributed by atoms with Gasteiger partial charge < -0.3 is 10.1 Å². The summed E-state index contributed by atoms with van der Waals surface area (Å²) in [5.41, 5.74) is 3.57. The molecule has 0 spiro atoms. The van der Waals surface area contributed by atoms with Crippen LogP contribution in [0.3, 0.4) is 0 Å². The predicted molar refractivity (Wildman–Crippen MR) is 86.3 cm³/mol. The average molecular weight is 284 g/mol. The highest BCUT2D eigenvalue weighted by Crippen LogP contribution is 2.25. The Morgan fingerprint density at radius 3 is 2.48 bits per heavy atom. The Morgan fingerprint density at radius 1 is 1.10 bits per heavy atom. The van der Waals surface area contributed by atoms with E-state index in [1.165, 1.54) is 5.56 Å². The van der Waals surface area contributed by atoms with Crippen molar-refractivity contribution in [2.45, 2.75) is 46.4 Å². The first kappa shape index (κ1) is 15.5.